The number of nitrogens with one attached hydrogen (secondary N) is 2. The Kier molecular flexibility index (Phi) is 5.85. The molecule has 4 aromatic heterocycles. The van der Waals surface area contributed by atoms with Crippen LogP contribution in [-0.4, -0.2) is 54.9 Å². The summed E-state index contributed by atoms with van der Waals surface area (Å²) in [4.78, 5) is 23.0. The van der Waals surface area contributed by atoms with Gasteiger partial charge in [0.15, 0.2) is 0 Å². The highest BCUT2D eigenvalue weighted by molar-refractivity contribution is 5.91. The van der Waals surface area contributed by atoms with Crippen LogP contribution in [0.2, 0.25) is 0 Å². The van der Waals surface area contributed by atoms with Crippen molar-refractivity contribution < 1.29 is 13.5 Å². The summed E-state index contributed by atoms with van der Waals surface area (Å²) >= 11 is 0. The Morgan fingerprint density at radius 1 is 1.05 bits per heavy atom. The highest BCUT2D eigenvalue weighted by Gasteiger charge is 2.36. The normalized spacial score (nSPS) is 15.5. The molecule has 0 spiro atoms. The zero-order chi connectivity index (χ0) is 26.4. The molecule has 1 aliphatic heterocycles. The van der Waals surface area contributed by atoms with E-state index in [1.807, 2.05) is 30.3 Å². The first-order chi connectivity index (χ1) is 18.3. The first-order valence-corrected chi connectivity index (χ1v) is 12.5. The van der Waals surface area contributed by atoms with Crippen molar-refractivity contribution >= 4 is 16.9 Å². The second-order valence-corrected chi connectivity index (χ2v) is 9.96. The lowest BCUT2D eigenvalue weighted by Gasteiger charge is -2.38. The predicted molar refractivity (Wildman–Crippen MR) is 140 cm³/mol. The number of ether oxygens (including phenoxy) is 1. The fraction of sp³-hybridized carbons (Fsp3) is 0.333. The number of benzene rings is 1. The van der Waals surface area contributed by atoms with Crippen molar-refractivity contribution in [2.45, 2.75) is 38.7 Å². The zero-order valence-corrected chi connectivity index (χ0v) is 21.4. The summed E-state index contributed by atoms with van der Waals surface area (Å²) in [6.07, 6.45) is 6.06. The summed E-state index contributed by atoms with van der Waals surface area (Å²) in [7, 11) is 1.66. The van der Waals surface area contributed by atoms with E-state index >= 15 is 0 Å². The van der Waals surface area contributed by atoms with E-state index in [-0.39, 0.29) is 5.41 Å². The zero-order valence-electron chi connectivity index (χ0n) is 21.4. The number of anilines is 1. The summed E-state index contributed by atoms with van der Waals surface area (Å²) < 4.78 is 31.9. The van der Waals surface area contributed by atoms with Crippen molar-refractivity contribution in [1.29, 1.82) is 0 Å². The molecule has 38 heavy (non-hydrogen) atoms. The Morgan fingerprint density at radius 2 is 1.82 bits per heavy atom. The molecular formula is C27H28F2N8O. The maximum atomic E-state index is 13.0. The maximum Gasteiger partial charge on any atom is 0.333 e. The van der Waals surface area contributed by atoms with Crippen LogP contribution in [-0.2, 0) is 5.41 Å². The van der Waals surface area contributed by atoms with Gasteiger partial charge in [-0.05, 0) is 50.1 Å². The van der Waals surface area contributed by atoms with Crippen LogP contribution in [0.1, 0.15) is 37.8 Å². The number of rotatable bonds is 6. The molecule has 1 fully saturated rings. The third-order valence-electron chi connectivity index (χ3n) is 7.50. The molecule has 0 amide bonds. The average molecular weight is 519 g/mol. The number of piperidine rings is 1. The van der Waals surface area contributed by atoms with Gasteiger partial charge in [0.05, 0.1) is 30.1 Å². The van der Waals surface area contributed by atoms with Gasteiger partial charge in [-0.3, -0.25) is 0 Å². The number of halogens is 2. The largest absolute Gasteiger partial charge is 0.497 e. The van der Waals surface area contributed by atoms with Crippen molar-refractivity contribution in [3.8, 4) is 28.3 Å². The van der Waals surface area contributed by atoms with Gasteiger partial charge < -0.3 is 19.6 Å². The van der Waals surface area contributed by atoms with Gasteiger partial charge in [-0.1, -0.05) is 6.92 Å². The van der Waals surface area contributed by atoms with Gasteiger partial charge in [-0.2, -0.15) is 13.9 Å². The third-order valence-corrected chi connectivity index (χ3v) is 7.50. The van der Waals surface area contributed by atoms with Gasteiger partial charge >= 0.3 is 6.55 Å². The Labute approximate surface area is 217 Å². The molecule has 5 aromatic rings. The van der Waals surface area contributed by atoms with Crippen LogP contribution in [0.4, 0.5) is 14.6 Å². The van der Waals surface area contributed by atoms with E-state index < -0.39 is 6.55 Å². The molecule has 1 aliphatic rings. The molecule has 9 nitrogen and oxygen atoms in total. The highest BCUT2D eigenvalue weighted by Crippen LogP contribution is 2.38. The predicted octanol–water partition coefficient (Wildman–Crippen LogP) is 5.48. The number of aryl methyl sites for hydroxylation is 1. The smallest absolute Gasteiger partial charge is 0.333 e. The minimum Gasteiger partial charge on any atom is -0.497 e. The van der Waals surface area contributed by atoms with Crippen molar-refractivity contribution in [2.24, 2.45) is 0 Å². The second kappa shape index (κ2) is 9.23. The van der Waals surface area contributed by atoms with E-state index in [0.29, 0.717) is 21.6 Å². The molecule has 2 N–H and O–H groups in total. The minimum absolute atomic E-state index is 0.106. The van der Waals surface area contributed by atoms with Crippen molar-refractivity contribution in [3.63, 3.8) is 0 Å². The number of nitrogens with zero attached hydrogens (tertiary/aromatic N) is 6. The Bertz CT molecular complexity index is 1580. The number of hydrogen-bond acceptors (Lipinski definition) is 6. The number of methoxy groups -OCH3 is 1. The fourth-order valence-electron chi connectivity index (χ4n) is 5.14. The van der Waals surface area contributed by atoms with Crippen LogP contribution in [0.5, 0.6) is 5.75 Å². The number of hydrogen-bond donors (Lipinski definition) is 2. The number of aromatic amines is 2. The summed E-state index contributed by atoms with van der Waals surface area (Å²) in [6.45, 7) is 3.22. The summed E-state index contributed by atoms with van der Waals surface area (Å²) in [5, 5.41) is 4.59. The van der Waals surface area contributed by atoms with Gasteiger partial charge in [0.2, 0.25) is 0 Å². The van der Waals surface area contributed by atoms with E-state index in [1.54, 1.807) is 7.11 Å². The molecule has 0 aliphatic carbocycles. The highest BCUT2D eigenvalue weighted by atomic mass is 19.3. The number of alkyl halides is 2. The van der Waals surface area contributed by atoms with Crippen LogP contribution >= 0.6 is 0 Å². The standard InChI is InChI=1S/C27H28F2N8O/c1-16-22(17-4-6-19(38-3)7-5-17)35-25(33-16)27(2)8-10-36(11-9-27)24-20-12-21(34-23(20)30-15-31-24)18-13-32-37(14-18)26(28)29/h4-7,12-15,26H,8-11H2,1-3H3,(H,33,35)(H,30,31,34). The van der Waals surface area contributed by atoms with Gasteiger partial charge in [0.1, 0.15) is 29.4 Å². The fourth-order valence-corrected chi connectivity index (χ4v) is 5.14. The van der Waals surface area contributed by atoms with Crippen molar-refractivity contribution in [3.05, 3.63) is 60.6 Å². The lowest BCUT2D eigenvalue weighted by atomic mass is 9.79. The molecule has 6 rings (SSSR count). The van der Waals surface area contributed by atoms with E-state index in [2.05, 4.69) is 43.8 Å². The summed E-state index contributed by atoms with van der Waals surface area (Å²) in [5.41, 5.74) is 4.85. The maximum absolute atomic E-state index is 13.0. The average Bonchev–Trinajstić information content (AvgIpc) is 3.67. The third kappa shape index (κ3) is 4.17. The van der Waals surface area contributed by atoms with Crippen molar-refractivity contribution in [1.82, 2.24) is 34.7 Å². The molecule has 11 heteroatoms. The van der Waals surface area contributed by atoms with E-state index in [0.717, 1.165) is 65.7 Å². The van der Waals surface area contributed by atoms with Crippen LogP contribution in [0.15, 0.2) is 49.1 Å². The molecular weight excluding hydrogens is 490 g/mol. The van der Waals surface area contributed by atoms with E-state index in [1.165, 1.54) is 18.7 Å². The van der Waals surface area contributed by atoms with Gasteiger partial charge in [-0.15, -0.1) is 0 Å². The monoisotopic (exact) mass is 518 g/mol. The molecule has 1 saturated heterocycles. The quantitative estimate of drug-likeness (QED) is 0.309. The number of fused-ring (bicyclic) bond motifs is 1. The molecule has 0 atom stereocenters. The van der Waals surface area contributed by atoms with E-state index in [4.69, 9.17) is 9.72 Å². The van der Waals surface area contributed by atoms with Gasteiger partial charge in [-0.25, -0.2) is 19.6 Å². The van der Waals surface area contributed by atoms with Crippen LogP contribution in [0.25, 0.3) is 33.5 Å². The SMILES string of the molecule is COc1ccc(-c2nc(C3(C)CCN(c4ncnc5[nH]c(-c6cnn(C(F)F)c6)cc45)CC3)[nH]c2C)cc1. The molecule has 196 valence electrons. The van der Waals surface area contributed by atoms with E-state index in [9.17, 15) is 8.78 Å². The van der Waals surface area contributed by atoms with Gasteiger partial charge in [0, 0.05) is 41.5 Å². The number of aromatic nitrogens is 7. The Morgan fingerprint density at radius 3 is 2.50 bits per heavy atom. The summed E-state index contributed by atoms with van der Waals surface area (Å²) in [6, 6.07) is 9.86. The Balaban J connectivity index is 1.22. The minimum atomic E-state index is -2.68. The number of H-pyrrole nitrogens is 2. The molecule has 1 aromatic carbocycles. The lowest BCUT2D eigenvalue weighted by Crippen LogP contribution is -2.42. The second-order valence-electron chi connectivity index (χ2n) is 9.96. The lowest BCUT2D eigenvalue weighted by molar-refractivity contribution is 0.0566. The Hall–Kier alpha value is -4.28. The summed E-state index contributed by atoms with van der Waals surface area (Å²) in [5.74, 6) is 2.64. The first-order valence-electron chi connectivity index (χ1n) is 12.5. The molecule has 0 radical (unpaired) electrons. The topological polar surface area (TPSA) is 101 Å². The molecule has 0 unspecified atom stereocenters. The van der Waals surface area contributed by atoms with Gasteiger partial charge in [0.25, 0.3) is 0 Å². The van der Waals surface area contributed by atoms with Crippen molar-refractivity contribution in [2.75, 3.05) is 25.1 Å². The molecule has 0 saturated carbocycles. The van der Waals surface area contributed by atoms with Crippen LogP contribution in [0.3, 0.4) is 0 Å². The van der Waals surface area contributed by atoms with Crippen LogP contribution < -0.4 is 9.64 Å². The number of imidazole rings is 1. The molecule has 0 bridgehead atoms. The molecule has 5 heterocycles. The van der Waals surface area contributed by atoms with Crippen LogP contribution in [0, 0.1) is 6.92 Å². The first kappa shape index (κ1) is 24.1.